The van der Waals surface area contributed by atoms with Gasteiger partial charge in [0.05, 0.1) is 28.0 Å². The van der Waals surface area contributed by atoms with Gasteiger partial charge >= 0.3 is 12.1 Å². The Morgan fingerprint density at radius 3 is 2.59 bits per heavy atom. The van der Waals surface area contributed by atoms with E-state index < -0.39 is 36.9 Å². The molecule has 11 nitrogen and oxygen atoms in total. The second-order valence-corrected chi connectivity index (χ2v) is 8.52. The third-order valence-corrected chi connectivity index (χ3v) is 6.06. The molecular weight excluding hydrogens is 507 g/mol. The molecule has 0 aliphatic rings. The molecule has 0 radical (unpaired) electrons. The summed E-state index contributed by atoms with van der Waals surface area (Å²) in [6.45, 7) is -0.414. The Balaban J connectivity index is 1.56. The summed E-state index contributed by atoms with van der Waals surface area (Å²) in [5.74, 6) is -1.92. The van der Waals surface area contributed by atoms with E-state index in [4.69, 9.17) is 33.0 Å². The maximum atomic E-state index is 12.6. The van der Waals surface area contributed by atoms with Crippen LogP contribution in [0.25, 0.3) is 0 Å². The fraction of sp³-hybridized carbons (Fsp3) is 0.250. The number of rotatable bonds is 11. The Labute approximate surface area is 207 Å². The Morgan fingerprint density at radius 1 is 1.15 bits per heavy atom. The number of aromatic nitrogens is 5. The number of carbonyl (C=O) groups is 3. The number of hydrogen-bond acceptors (Lipinski definition) is 9. The van der Waals surface area contributed by atoms with E-state index in [9.17, 15) is 14.4 Å². The van der Waals surface area contributed by atoms with Crippen LogP contribution in [-0.2, 0) is 27.3 Å². The van der Waals surface area contributed by atoms with E-state index in [1.165, 1.54) is 0 Å². The molecule has 2 aromatic heterocycles. The average molecular weight is 525 g/mol. The molecule has 0 spiro atoms. The van der Waals surface area contributed by atoms with Crippen molar-refractivity contribution < 1.29 is 24.2 Å². The number of aliphatic carboxylic acids is 1. The van der Waals surface area contributed by atoms with Gasteiger partial charge in [0.25, 0.3) is 0 Å². The van der Waals surface area contributed by atoms with Crippen LogP contribution in [0.1, 0.15) is 12.1 Å². The van der Waals surface area contributed by atoms with E-state index in [-0.39, 0.29) is 11.8 Å². The highest BCUT2D eigenvalue weighted by atomic mass is 35.5. The van der Waals surface area contributed by atoms with Crippen LogP contribution in [0.3, 0.4) is 0 Å². The van der Waals surface area contributed by atoms with Crippen LogP contribution in [0.4, 0.5) is 4.79 Å². The van der Waals surface area contributed by atoms with Crippen LogP contribution in [-0.4, -0.2) is 60.8 Å². The lowest BCUT2D eigenvalue weighted by Gasteiger charge is -2.15. The van der Waals surface area contributed by atoms with Gasteiger partial charge in [-0.1, -0.05) is 35.3 Å². The quantitative estimate of drug-likeness (QED) is 0.383. The standard InChI is InChI=1S/C20H18Cl2N6O5S/c21-13-5-3-6-14(22)18(13)34-19-25-27-28(26-19)11-16(29)15(10-17(30)31)24-20(32)33-9-7-12-4-1-2-8-23-12/h1-6,8,15H,7,9-11H2,(H,24,32)(H,30,31). The number of carboxylic acid groups (broad SMARTS) is 1. The maximum absolute atomic E-state index is 12.6. The minimum absolute atomic E-state index is 0.00660. The molecule has 1 amide bonds. The van der Waals surface area contributed by atoms with Gasteiger partial charge in [-0.3, -0.25) is 14.6 Å². The number of ketones is 1. The zero-order chi connectivity index (χ0) is 24.5. The Hall–Kier alpha value is -3.22. The van der Waals surface area contributed by atoms with Gasteiger partial charge in [-0.15, -0.1) is 10.2 Å². The van der Waals surface area contributed by atoms with Gasteiger partial charge in [0.15, 0.2) is 5.78 Å². The first-order chi connectivity index (χ1) is 16.3. The molecule has 0 saturated heterocycles. The molecule has 0 bridgehead atoms. The van der Waals surface area contributed by atoms with Gasteiger partial charge < -0.3 is 15.2 Å². The number of pyridine rings is 1. The lowest BCUT2D eigenvalue weighted by Crippen LogP contribution is -2.44. The van der Waals surface area contributed by atoms with E-state index in [1.54, 1.807) is 42.6 Å². The topological polar surface area (TPSA) is 149 Å². The zero-order valence-electron chi connectivity index (χ0n) is 17.4. The molecule has 0 aliphatic carbocycles. The highest BCUT2D eigenvalue weighted by Crippen LogP contribution is 2.36. The number of halogens is 2. The number of alkyl carbamates (subject to hydrolysis) is 1. The number of benzene rings is 1. The number of nitrogens with one attached hydrogen (secondary N) is 1. The molecule has 0 fully saturated rings. The van der Waals surface area contributed by atoms with Crippen LogP contribution < -0.4 is 5.32 Å². The number of amides is 1. The molecule has 2 N–H and O–H groups in total. The molecule has 34 heavy (non-hydrogen) atoms. The van der Waals surface area contributed by atoms with E-state index in [0.717, 1.165) is 22.3 Å². The van der Waals surface area contributed by atoms with Crippen molar-refractivity contribution in [3.63, 3.8) is 0 Å². The average Bonchev–Trinajstić information content (AvgIpc) is 3.23. The van der Waals surface area contributed by atoms with Crippen LogP contribution in [0.5, 0.6) is 0 Å². The summed E-state index contributed by atoms with van der Waals surface area (Å²) in [5, 5.41) is 24.1. The predicted octanol–water partition coefficient (Wildman–Crippen LogP) is 2.91. The first-order valence-corrected chi connectivity index (χ1v) is 11.4. The van der Waals surface area contributed by atoms with Crippen molar-refractivity contribution in [3.05, 3.63) is 58.3 Å². The summed E-state index contributed by atoms with van der Waals surface area (Å²) in [6, 6.07) is 8.99. The van der Waals surface area contributed by atoms with Gasteiger partial charge in [0.2, 0.25) is 5.16 Å². The smallest absolute Gasteiger partial charge is 0.407 e. The summed E-state index contributed by atoms with van der Waals surface area (Å²) in [7, 11) is 0. The normalized spacial score (nSPS) is 11.6. The largest absolute Gasteiger partial charge is 0.481 e. The third kappa shape index (κ3) is 7.68. The monoisotopic (exact) mass is 524 g/mol. The molecule has 0 saturated carbocycles. The molecule has 14 heteroatoms. The van der Waals surface area contributed by atoms with Crippen molar-refractivity contribution >= 4 is 52.8 Å². The SMILES string of the molecule is O=C(O)CC(NC(=O)OCCc1ccccn1)C(=O)Cn1nnc(Sc2c(Cl)cccc2Cl)n1. The fourth-order valence-electron chi connectivity index (χ4n) is 2.66. The highest BCUT2D eigenvalue weighted by molar-refractivity contribution is 7.99. The van der Waals surface area contributed by atoms with Crippen molar-refractivity contribution in [2.24, 2.45) is 0 Å². The third-order valence-electron chi connectivity index (χ3n) is 4.22. The summed E-state index contributed by atoms with van der Waals surface area (Å²) in [5.41, 5.74) is 0.720. The van der Waals surface area contributed by atoms with E-state index >= 15 is 0 Å². The van der Waals surface area contributed by atoms with Gasteiger partial charge in [-0.25, -0.2) is 4.79 Å². The van der Waals surface area contributed by atoms with Crippen molar-refractivity contribution in [1.29, 1.82) is 0 Å². The van der Waals surface area contributed by atoms with Crippen molar-refractivity contribution in [2.75, 3.05) is 6.61 Å². The minimum atomic E-state index is -1.35. The van der Waals surface area contributed by atoms with E-state index in [1.807, 2.05) is 0 Å². The van der Waals surface area contributed by atoms with Crippen molar-refractivity contribution in [3.8, 4) is 0 Å². The predicted molar refractivity (Wildman–Crippen MR) is 122 cm³/mol. The van der Waals surface area contributed by atoms with Gasteiger partial charge in [-0.05, 0) is 41.2 Å². The van der Waals surface area contributed by atoms with E-state index in [0.29, 0.717) is 21.4 Å². The van der Waals surface area contributed by atoms with Crippen molar-refractivity contribution in [2.45, 2.75) is 35.5 Å². The Bertz CT molecular complexity index is 1140. The number of Topliss-reactive ketones (excluding diaryl/α,β-unsaturated/α-hetero) is 1. The van der Waals surface area contributed by atoms with Crippen LogP contribution in [0.15, 0.2) is 52.6 Å². The molecule has 3 rings (SSSR count). The maximum Gasteiger partial charge on any atom is 0.407 e. The molecule has 0 aliphatic heterocycles. The van der Waals surface area contributed by atoms with Gasteiger partial charge in [0.1, 0.15) is 12.6 Å². The summed E-state index contributed by atoms with van der Waals surface area (Å²) in [6.07, 6.45) is 0.415. The summed E-state index contributed by atoms with van der Waals surface area (Å²) < 4.78 is 5.04. The second-order valence-electron chi connectivity index (χ2n) is 6.72. The van der Waals surface area contributed by atoms with Gasteiger partial charge in [0, 0.05) is 18.3 Å². The molecule has 3 aromatic rings. The van der Waals surface area contributed by atoms with Crippen LogP contribution in [0.2, 0.25) is 10.0 Å². The molecule has 2 heterocycles. The number of carboxylic acids is 1. The molecular formula is C20H18Cl2N6O5S. The summed E-state index contributed by atoms with van der Waals surface area (Å²) >= 11 is 13.3. The molecule has 1 aromatic carbocycles. The Kier molecular flexibility index (Phi) is 9.19. The fourth-order valence-corrected chi connectivity index (χ4v) is 4.01. The number of tetrazole rings is 1. The first kappa shape index (κ1) is 25.4. The number of ether oxygens (including phenoxy) is 1. The van der Waals surface area contributed by atoms with Gasteiger partial charge in [-0.2, -0.15) is 4.80 Å². The van der Waals surface area contributed by atoms with E-state index in [2.05, 4.69) is 25.7 Å². The number of carbonyl (C=O) groups excluding carboxylic acids is 2. The molecule has 1 unspecified atom stereocenters. The lowest BCUT2D eigenvalue weighted by molar-refractivity contribution is -0.139. The minimum Gasteiger partial charge on any atom is -0.481 e. The lowest BCUT2D eigenvalue weighted by atomic mass is 10.1. The second kappa shape index (κ2) is 12.3. The van der Waals surface area contributed by atoms with Crippen LogP contribution >= 0.6 is 35.0 Å². The zero-order valence-corrected chi connectivity index (χ0v) is 19.8. The first-order valence-electron chi connectivity index (χ1n) is 9.79. The Morgan fingerprint density at radius 2 is 1.91 bits per heavy atom. The summed E-state index contributed by atoms with van der Waals surface area (Å²) in [4.78, 5) is 41.5. The number of hydrogen-bond donors (Lipinski definition) is 2. The molecule has 1 atom stereocenters. The number of nitrogens with zero attached hydrogens (tertiary/aromatic N) is 5. The van der Waals surface area contributed by atoms with Crippen LogP contribution in [0, 0.1) is 0 Å². The molecule has 178 valence electrons. The van der Waals surface area contributed by atoms with Crippen molar-refractivity contribution in [1.82, 2.24) is 30.5 Å². The highest BCUT2D eigenvalue weighted by Gasteiger charge is 2.25.